The van der Waals surface area contributed by atoms with Gasteiger partial charge in [-0.15, -0.1) is 0 Å². The average molecular weight is 348 g/mol. The Morgan fingerprint density at radius 2 is 1.92 bits per heavy atom. The largest absolute Gasteiger partial charge is 0.478 e. The van der Waals surface area contributed by atoms with Gasteiger partial charge in [-0.25, -0.2) is 14.8 Å². The zero-order valence-electron chi connectivity index (χ0n) is 13.4. The Labute approximate surface area is 144 Å². The Morgan fingerprint density at radius 3 is 2.50 bits per heavy atom. The molecular weight excluding hydrogens is 330 g/mol. The Morgan fingerprint density at radius 1 is 1.25 bits per heavy atom. The van der Waals surface area contributed by atoms with E-state index in [9.17, 15) is 9.59 Å². The van der Waals surface area contributed by atoms with Crippen molar-refractivity contribution in [2.45, 2.75) is 26.2 Å². The van der Waals surface area contributed by atoms with Gasteiger partial charge < -0.3 is 10.4 Å². The number of carbonyl (C=O) groups excluding carboxylic acids is 1. The molecule has 0 aliphatic carbocycles. The van der Waals surface area contributed by atoms with Crippen LogP contribution in [-0.4, -0.2) is 33.5 Å². The van der Waals surface area contributed by atoms with Crippen LogP contribution in [0, 0.1) is 0 Å². The number of aromatic carboxylic acids is 1. The van der Waals surface area contributed by atoms with Crippen LogP contribution in [-0.2, 0) is 6.42 Å². The van der Waals surface area contributed by atoms with Crippen LogP contribution in [0.1, 0.15) is 52.0 Å². The Kier molecular flexibility index (Phi) is 5.87. The Hall–Kier alpha value is -2.47. The van der Waals surface area contributed by atoms with E-state index in [-0.39, 0.29) is 28.1 Å². The number of amides is 1. The normalized spacial score (nSPS) is 10.7. The van der Waals surface area contributed by atoms with E-state index >= 15 is 0 Å². The van der Waals surface area contributed by atoms with Gasteiger partial charge in [-0.3, -0.25) is 4.79 Å². The molecular formula is C17H18ClN3O3. The van der Waals surface area contributed by atoms with Crippen molar-refractivity contribution >= 4 is 23.5 Å². The lowest BCUT2D eigenvalue weighted by Crippen LogP contribution is -2.27. The summed E-state index contributed by atoms with van der Waals surface area (Å²) in [5, 5.41) is 11.8. The van der Waals surface area contributed by atoms with Crippen molar-refractivity contribution in [2.24, 2.45) is 0 Å². The number of nitrogens with zero attached hydrogens (tertiary/aromatic N) is 2. The predicted molar refractivity (Wildman–Crippen MR) is 90.6 cm³/mol. The molecule has 0 aliphatic heterocycles. The fraction of sp³-hybridized carbons (Fsp3) is 0.294. The number of hydrogen-bond donors (Lipinski definition) is 2. The molecule has 0 saturated heterocycles. The zero-order valence-corrected chi connectivity index (χ0v) is 14.2. The maximum atomic E-state index is 12.2. The smallest absolute Gasteiger partial charge is 0.335 e. The highest BCUT2D eigenvalue weighted by Gasteiger charge is 2.15. The van der Waals surface area contributed by atoms with Crippen molar-refractivity contribution < 1.29 is 14.7 Å². The van der Waals surface area contributed by atoms with Gasteiger partial charge in [0.2, 0.25) is 0 Å². The standard InChI is InChI=1S/C17H18ClN3O3/c1-10(2)15-20-9-13(18)14(21-15)16(22)19-8-7-11-3-5-12(6-4-11)17(23)24/h3-6,9-10H,7-8H2,1-2H3,(H,19,22)(H,23,24). The Bertz CT molecular complexity index is 745. The van der Waals surface area contributed by atoms with Gasteiger partial charge in [-0.2, -0.15) is 0 Å². The first-order chi connectivity index (χ1) is 11.4. The molecule has 0 fully saturated rings. The number of carbonyl (C=O) groups is 2. The second kappa shape index (κ2) is 7.88. The van der Waals surface area contributed by atoms with Gasteiger partial charge in [0.05, 0.1) is 16.8 Å². The zero-order chi connectivity index (χ0) is 17.7. The molecule has 0 spiro atoms. The molecule has 0 bridgehead atoms. The first kappa shape index (κ1) is 17.9. The summed E-state index contributed by atoms with van der Waals surface area (Å²) < 4.78 is 0. The summed E-state index contributed by atoms with van der Waals surface area (Å²) in [4.78, 5) is 31.3. The molecule has 24 heavy (non-hydrogen) atoms. The summed E-state index contributed by atoms with van der Waals surface area (Å²) in [6.07, 6.45) is 2.01. The summed E-state index contributed by atoms with van der Waals surface area (Å²) >= 11 is 6.00. The lowest BCUT2D eigenvalue weighted by atomic mass is 10.1. The van der Waals surface area contributed by atoms with Gasteiger partial charge in [-0.05, 0) is 24.1 Å². The second-order valence-corrected chi connectivity index (χ2v) is 5.99. The lowest BCUT2D eigenvalue weighted by molar-refractivity contribution is 0.0696. The highest BCUT2D eigenvalue weighted by atomic mass is 35.5. The molecule has 0 radical (unpaired) electrons. The van der Waals surface area contributed by atoms with Crippen LogP contribution in [0.4, 0.5) is 0 Å². The SMILES string of the molecule is CC(C)c1ncc(Cl)c(C(=O)NCCc2ccc(C(=O)O)cc2)n1. The van der Waals surface area contributed by atoms with Crippen LogP contribution >= 0.6 is 11.6 Å². The highest BCUT2D eigenvalue weighted by Crippen LogP contribution is 2.16. The van der Waals surface area contributed by atoms with Crippen molar-refractivity contribution in [1.29, 1.82) is 0 Å². The van der Waals surface area contributed by atoms with E-state index in [4.69, 9.17) is 16.7 Å². The van der Waals surface area contributed by atoms with E-state index < -0.39 is 5.97 Å². The quantitative estimate of drug-likeness (QED) is 0.838. The summed E-state index contributed by atoms with van der Waals surface area (Å²) in [6, 6.07) is 6.53. The van der Waals surface area contributed by atoms with Crippen molar-refractivity contribution in [3.8, 4) is 0 Å². The lowest BCUT2D eigenvalue weighted by Gasteiger charge is -2.09. The third kappa shape index (κ3) is 4.52. The summed E-state index contributed by atoms with van der Waals surface area (Å²) in [5.41, 5.74) is 1.32. The molecule has 7 heteroatoms. The van der Waals surface area contributed by atoms with Crippen molar-refractivity contribution in [3.63, 3.8) is 0 Å². The third-order valence-corrected chi connectivity index (χ3v) is 3.67. The fourth-order valence-corrected chi connectivity index (χ4v) is 2.21. The number of hydrogen-bond acceptors (Lipinski definition) is 4. The highest BCUT2D eigenvalue weighted by molar-refractivity contribution is 6.33. The minimum atomic E-state index is -0.964. The average Bonchev–Trinajstić information content (AvgIpc) is 2.55. The van der Waals surface area contributed by atoms with Crippen LogP contribution in [0.25, 0.3) is 0 Å². The van der Waals surface area contributed by atoms with E-state index in [1.54, 1.807) is 12.1 Å². The molecule has 1 amide bonds. The van der Waals surface area contributed by atoms with Crippen LogP contribution in [0.5, 0.6) is 0 Å². The Balaban J connectivity index is 1.96. The molecule has 1 aromatic heterocycles. The number of rotatable bonds is 6. The molecule has 0 unspecified atom stereocenters. The first-order valence-corrected chi connectivity index (χ1v) is 7.89. The molecule has 126 valence electrons. The molecule has 2 aromatic rings. The topological polar surface area (TPSA) is 92.2 Å². The molecule has 0 aliphatic rings. The van der Waals surface area contributed by atoms with Gasteiger partial charge in [0.1, 0.15) is 11.5 Å². The molecule has 2 rings (SSSR count). The number of nitrogens with one attached hydrogen (secondary N) is 1. The van der Waals surface area contributed by atoms with Gasteiger partial charge in [0, 0.05) is 12.5 Å². The van der Waals surface area contributed by atoms with E-state index in [2.05, 4.69) is 15.3 Å². The summed E-state index contributed by atoms with van der Waals surface area (Å²) in [7, 11) is 0. The minimum absolute atomic E-state index is 0.0987. The van der Waals surface area contributed by atoms with Gasteiger partial charge in [0.15, 0.2) is 0 Å². The van der Waals surface area contributed by atoms with E-state index in [1.165, 1.54) is 18.3 Å². The van der Waals surface area contributed by atoms with Crippen molar-refractivity contribution in [3.05, 3.63) is 58.1 Å². The van der Waals surface area contributed by atoms with Gasteiger partial charge in [0.25, 0.3) is 5.91 Å². The molecule has 0 saturated carbocycles. The van der Waals surface area contributed by atoms with Crippen LogP contribution < -0.4 is 5.32 Å². The summed E-state index contributed by atoms with van der Waals surface area (Å²) in [6.45, 7) is 4.26. The minimum Gasteiger partial charge on any atom is -0.478 e. The van der Waals surface area contributed by atoms with E-state index in [0.717, 1.165) is 5.56 Å². The van der Waals surface area contributed by atoms with Crippen molar-refractivity contribution in [1.82, 2.24) is 15.3 Å². The third-order valence-electron chi connectivity index (χ3n) is 3.39. The number of benzene rings is 1. The van der Waals surface area contributed by atoms with Crippen molar-refractivity contribution in [2.75, 3.05) is 6.54 Å². The summed E-state index contributed by atoms with van der Waals surface area (Å²) in [5.74, 6) is -0.656. The van der Waals surface area contributed by atoms with Gasteiger partial charge in [-0.1, -0.05) is 37.6 Å². The predicted octanol–water partition coefficient (Wildman–Crippen LogP) is 2.92. The molecule has 6 nitrogen and oxygen atoms in total. The first-order valence-electron chi connectivity index (χ1n) is 7.51. The van der Waals surface area contributed by atoms with Crippen LogP contribution in [0.3, 0.4) is 0 Å². The molecule has 1 aromatic carbocycles. The van der Waals surface area contributed by atoms with E-state index in [0.29, 0.717) is 18.8 Å². The fourth-order valence-electron chi connectivity index (χ4n) is 2.04. The molecule has 1 heterocycles. The monoisotopic (exact) mass is 347 g/mol. The van der Waals surface area contributed by atoms with E-state index in [1.807, 2.05) is 13.8 Å². The molecule has 2 N–H and O–H groups in total. The van der Waals surface area contributed by atoms with Crippen LogP contribution in [0.2, 0.25) is 5.02 Å². The second-order valence-electron chi connectivity index (χ2n) is 5.59. The van der Waals surface area contributed by atoms with Crippen LogP contribution in [0.15, 0.2) is 30.5 Å². The van der Waals surface area contributed by atoms with Gasteiger partial charge >= 0.3 is 5.97 Å². The number of carboxylic acids is 1. The number of carboxylic acid groups (broad SMARTS) is 1. The number of aromatic nitrogens is 2. The maximum Gasteiger partial charge on any atom is 0.335 e. The maximum absolute atomic E-state index is 12.2. The number of halogens is 1. The molecule has 0 atom stereocenters.